The van der Waals surface area contributed by atoms with E-state index in [1.165, 1.54) is 0 Å². The summed E-state index contributed by atoms with van der Waals surface area (Å²) in [6.07, 6.45) is 4.37. The smallest absolute Gasteiger partial charge is 0.166 e. The highest BCUT2D eigenvalue weighted by Crippen LogP contribution is 2.26. The molecule has 6 heteroatoms. The molecule has 128 valence electrons. The molecule has 0 unspecified atom stereocenters. The van der Waals surface area contributed by atoms with Crippen molar-refractivity contribution < 1.29 is 9.47 Å². The molecule has 0 aliphatic carbocycles. The largest absolute Gasteiger partial charge is 0.370 e. The number of nitrogens with zero attached hydrogens (tertiary/aromatic N) is 3. The summed E-state index contributed by atoms with van der Waals surface area (Å²) in [5.41, 5.74) is 1.84. The minimum atomic E-state index is -0.455. The van der Waals surface area contributed by atoms with Gasteiger partial charge in [-0.05, 0) is 31.9 Å². The molecule has 1 saturated heterocycles. The minimum Gasteiger partial charge on any atom is -0.370 e. The molecule has 1 atom stereocenters. The van der Waals surface area contributed by atoms with Gasteiger partial charge < -0.3 is 14.8 Å². The predicted molar refractivity (Wildman–Crippen MR) is 92.6 cm³/mol. The number of aryl methyl sites for hydroxylation is 1. The van der Waals surface area contributed by atoms with Crippen molar-refractivity contribution in [3.63, 3.8) is 0 Å². The summed E-state index contributed by atoms with van der Waals surface area (Å²) in [5, 5.41) is 3.40. The Morgan fingerprint density at radius 1 is 1.29 bits per heavy atom. The fourth-order valence-electron chi connectivity index (χ4n) is 2.94. The SMILES string of the molecule is Cc1cc(NC[C@@H](C)CC2(C)OCCO2)nc(-c2cccnc2)n1. The number of aromatic nitrogens is 3. The van der Waals surface area contributed by atoms with Crippen molar-refractivity contribution in [2.24, 2.45) is 5.92 Å². The normalized spacial score (nSPS) is 17.6. The van der Waals surface area contributed by atoms with Crippen LogP contribution in [0.4, 0.5) is 5.82 Å². The molecule has 1 N–H and O–H groups in total. The van der Waals surface area contributed by atoms with Crippen molar-refractivity contribution in [2.45, 2.75) is 33.0 Å². The molecule has 24 heavy (non-hydrogen) atoms. The zero-order valence-electron chi connectivity index (χ0n) is 14.5. The predicted octanol–water partition coefficient (Wildman–Crippen LogP) is 3.05. The molecule has 6 nitrogen and oxygen atoms in total. The van der Waals surface area contributed by atoms with Crippen LogP contribution >= 0.6 is 0 Å². The first-order valence-electron chi connectivity index (χ1n) is 8.32. The molecule has 0 amide bonds. The van der Waals surface area contributed by atoms with Gasteiger partial charge in [-0.25, -0.2) is 9.97 Å². The number of nitrogens with one attached hydrogen (secondary N) is 1. The van der Waals surface area contributed by atoms with Crippen LogP contribution in [0.5, 0.6) is 0 Å². The summed E-state index contributed by atoms with van der Waals surface area (Å²) in [7, 11) is 0. The maximum Gasteiger partial charge on any atom is 0.166 e. The standard InChI is InChI=1S/C18H24N4O2/c1-13(10-18(3)23-7-8-24-18)11-20-16-9-14(2)21-17(22-16)15-5-4-6-19-12-15/h4-6,9,12-13H,7-8,10-11H2,1-3H3,(H,20,21,22)/t13-/m0/s1. The van der Waals surface area contributed by atoms with Crippen molar-refractivity contribution >= 4 is 5.82 Å². The summed E-state index contributed by atoms with van der Waals surface area (Å²) < 4.78 is 11.4. The van der Waals surface area contributed by atoms with Crippen molar-refractivity contribution in [2.75, 3.05) is 25.1 Å². The number of anilines is 1. The van der Waals surface area contributed by atoms with Crippen LogP contribution < -0.4 is 5.32 Å². The van der Waals surface area contributed by atoms with Crippen molar-refractivity contribution in [1.82, 2.24) is 15.0 Å². The van der Waals surface area contributed by atoms with Crippen LogP contribution in [0.1, 0.15) is 26.0 Å². The van der Waals surface area contributed by atoms with Gasteiger partial charge in [0.2, 0.25) is 0 Å². The highest BCUT2D eigenvalue weighted by molar-refractivity contribution is 5.56. The Hall–Kier alpha value is -2.05. The Kier molecular flexibility index (Phi) is 5.06. The molecule has 1 aliphatic rings. The summed E-state index contributed by atoms with van der Waals surface area (Å²) in [4.78, 5) is 13.2. The van der Waals surface area contributed by atoms with E-state index < -0.39 is 5.79 Å². The summed E-state index contributed by atoms with van der Waals surface area (Å²) in [6, 6.07) is 5.80. The topological polar surface area (TPSA) is 69.2 Å². The zero-order valence-corrected chi connectivity index (χ0v) is 14.5. The third-order valence-corrected chi connectivity index (χ3v) is 4.02. The van der Waals surface area contributed by atoms with Crippen molar-refractivity contribution in [3.8, 4) is 11.4 Å². The van der Waals surface area contributed by atoms with Crippen LogP contribution in [-0.2, 0) is 9.47 Å². The van der Waals surface area contributed by atoms with Gasteiger partial charge in [-0.2, -0.15) is 0 Å². The van der Waals surface area contributed by atoms with Gasteiger partial charge in [-0.1, -0.05) is 6.92 Å². The third kappa shape index (κ3) is 4.27. The molecule has 1 fully saturated rings. The van der Waals surface area contributed by atoms with Crippen LogP contribution in [0.3, 0.4) is 0 Å². The maximum atomic E-state index is 5.68. The molecule has 0 saturated carbocycles. The quantitative estimate of drug-likeness (QED) is 0.879. The van der Waals surface area contributed by atoms with E-state index in [2.05, 4.69) is 27.2 Å². The number of pyridine rings is 1. The molecule has 3 heterocycles. The number of ether oxygens (including phenoxy) is 2. The second-order valence-corrected chi connectivity index (χ2v) is 6.48. The Balaban J connectivity index is 1.64. The average Bonchev–Trinajstić information content (AvgIpc) is 2.99. The van der Waals surface area contributed by atoms with Gasteiger partial charge in [-0.15, -0.1) is 0 Å². The lowest BCUT2D eigenvalue weighted by Gasteiger charge is -2.26. The molecule has 3 rings (SSSR count). The van der Waals surface area contributed by atoms with Gasteiger partial charge in [0.05, 0.1) is 13.2 Å². The fraction of sp³-hybridized carbons (Fsp3) is 0.500. The van der Waals surface area contributed by atoms with E-state index in [1.54, 1.807) is 12.4 Å². The third-order valence-electron chi connectivity index (χ3n) is 4.02. The summed E-state index contributed by atoms with van der Waals surface area (Å²) in [5.74, 6) is 1.45. The second kappa shape index (κ2) is 7.23. The molecule has 2 aromatic rings. The van der Waals surface area contributed by atoms with Gasteiger partial charge >= 0.3 is 0 Å². The molecular weight excluding hydrogens is 304 g/mol. The Morgan fingerprint density at radius 3 is 2.79 bits per heavy atom. The molecule has 1 aliphatic heterocycles. The summed E-state index contributed by atoms with van der Waals surface area (Å²) in [6.45, 7) is 8.31. The number of hydrogen-bond donors (Lipinski definition) is 1. The highest BCUT2D eigenvalue weighted by Gasteiger charge is 2.32. The number of rotatable bonds is 6. The van der Waals surface area contributed by atoms with E-state index in [0.717, 1.165) is 30.0 Å². The molecular formula is C18H24N4O2. The lowest BCUT2D eigenvalue weighted by atomic mass is 10.0. The van der Waals surface area contributed by atoms with Gasteiger partial charge in [0, 0.05) is 42.7 Å². The van der Waals surface area contributed by atoms with E-state index in [0.29, 0.717) is 25.0 Å². The lowest BCUT2D eigenvalue weighted by Crippen LogP contribution is -2.30. The first-order chi connectivity index (χ1) is 11.5. The van der Waals surface area contributed by atoms with E-state index >= 15 is 0 Å². The number of hydrogen-bond acceptors (Lipinski definition) is 6. The van der Waals surface area contributed by atoms with Crippen molar-refractivity contribution in [1.29, 1.82) is 0 Å². The average molecular weight is 328 g/mol. The van der Waals surface area contributed by atoms with Crippen LogP contribution in [0.2, 0.25) is 0 Å². The Bertz CT molecular complexity index is 672. The fourth-order valence-corrected chi connectivity index (χ4v) is 2.94. The minimum absolute atomic E-state index is 0.394. The molecule has 0 aromatic carbocycles. The summed E-state index contributed by atoms with van der Waals surface area (Å²) >= 11 is 0. The van der Waals surface area contributed by atoms with Gasteiger partial charge in [0.25, 0.3) is 0 Å². The molecule has 0 spiro atoms. The molecule has 2 aromatic heterocycles. The van der Waals surface area contributed by atoms with Crippen LogP contribution in [0, 0.1) is 12.8 Å². The van der Waals surface area contributed by atoms with Gasteiger partial charge in [0.1, 0.15) is 5.82 Å². The lowest BCUT2D eigenvalue weighted by molar-refractivity contribution is -0.153. The van der Waals surface area contributed by atoms with Crippen LogP contribution in [-0.4, -0.2) is 40.5 Å². The monoisotopic (exact) mass is 328 g/mol. The Morgan fingerprint density at radius 2 is 2.08 bits per heavy atom. The van der Waals surface area contributed by atoms with Crippen LogP contribution in [0.25, 0.3) is 11.4 Å². The van der Waals surface area contributed by atoms with E-state index in [-0.39, 0.29) is 0 Å². The Labute approximate surface area is 142 Å². The van der Waals surface area contributed by atoms with E-state index in [4.69, 9.17) is 9.47 Å². The van der Waals surface area contributed by atoms with Gasteiger partial charge in [-0.3, -0.25) is 4.98 Å². The zero-order chi connectivity index (χ0) is 17.0. The maximum absolute atomic E-state index is 5.68. The van der Waals surface area contributed by atoms with E-state index in [9.17, 15) is 0 Å². The van der Waals surface area contributed by atoms with Crippen LogP contribution in [0.15, 0.2) is 30.6 Å². The first-order valence-corrected chi connectivity index (χ1v) is 8.32. The van der Waals surface area contributed by atoms with E-state index in [1.807, 2.05) is 32.0 Å². The molecule has 0 bridgehead atoms. The van der Waals surface area contributed by atoms with Crippen molar-refractivity contribution in [3.05, 3.63) is 36.3 Å². The second-order valence-electron chi connectivity index (χ2n) is 6.48. The highest BCUT2D eigenvalue weighted by atomic mass is 16.7. The molecule has 0 radical (unpaired) electrons. The first kappa shape index (κ1) is 16.8. The van der Waals surface area contributed by atoms with Gasteiger partial charge in [0.15, 0.2) is 11.6 Å².